The van der Waals surface area contributed by atoms with Crippen molar-refractivity contribution >= 4 is 5.78 Å². The Bertz CT molecular complexity index is 459. The van der Waals surface area contributed by atoms with Gasteiger partial charge in [0.25, 0.3) is 0 Å². The molecule has 0 radical (unpaired) electrons. The maximum Gasteiger partial charge on any atom is 0.159 e. The fraction of sp³-hybridized carbons (Fsp3) is 0.533. The van der Waals surface area contributed by atoms with Crippen LogP contribution in [-0.4, -0.2) is 36.9 Å². The molecule has 2 N–H and O–H groups in total. The van der Waals surface area contributed by atoms with Gasteiger partial charge in [0.15, 0.2) is 5.78 Å². The minimum Gasteiger partial charge on any atom is -0.496 e. The Morgan fingerprint density at radius 1 is 1.53 bits per heavy atom. The predicted octanol–water partition coefficient (Wildman–Crippen LogP) is 1.82. The van der Waals surface area contributed by atoms with Gasteiger partial charge >= 0.3 is 0 Å². The molecule has 1 aromatic carbocycles. The van der Waals surface area contributed by atoms with E-state index >= 15 is 0 Å². The van der Waals surface area contributed by atoms with E-state index in [9.17, 15) is 4.79 Å². The van der Waals surface area contributed by atoms with Gasteiger partial charge in [-0.3, -0.25) is 9.69 Å². The number of ketones is 1. The third-order valence-corrected chi connectivity index (χ3v) is 3.62. The van der Waals surface area contributed by atoms with E-state index in [1.165, 1.54) is 0 Å². The van der Waals surface area contributed by atoms with Gasteiger partial charge in [-0.05, 0) is 44.5 Å². The molecule has 0 aliphatic carbocycles. The number of ether oxygens (including phenoxy) is 1. The molecule has 19 heavy (non-hydrogen) atoms. The number of methoxy groups -OCH3 is 1. The Kier molecular flexibility index (Phi) is 4.56. The number of nitrogens with two attached hydrogens (primary N) is 1. The van der Waals surface area contributed by atoms with Gasteiger partial charge in [-0.1, -0.05) is 0 Å². The Labute approximate surface area is 114 Å². The molecule has 4 heteroatoms. The molecular formula is C15H22N2O2. The van der Waals surface area contributed by atoms with E-state index in [0.29, 0.717) is 0 Å². The molecule has 1 fully saturated rings. The van der Waals surface area contributed by atoms with Gasteiger partial charge < -0.3 is 10.5 Å². The van der Waals surface area contributed by atoms with Crippen molar-refractivity contribution in [2.24, 2.45) is 5.73 Å². The lowest BCUT2D eigenvalue weighted by Gasteiger charge is -2.31. The zero-order chi connectivity index (χ0) is 13.8. The highest BCUT2D eigenvalue weighted by Crippen LogP contribution is 2.23. The second-order valence-electron chi connectivity index (χ2n) is 5.22. The Balaban J connectivity index is 2.17. The van der Waals surface area contributed by atoms with E-state index in [1.54, 1.807) is 14.0 Å². The van der Waals surface area contributed by atoms with Crippen molar-refractivity contribution in [2.45, 2.75) is 32.4 Å². The molecule has 2 rings (SSSR count). The van der Waals surface area contributed by atoms with Crippen LogP contribution in [0.15, 0.2) is 18.2 Å². The topological polar surface area (TPSA) is 55.6 Å². The van der Waals surface area contributed by atoms with Crippen molar-refractivity contribution in [1.82, 2.24) is 4.90 Å². The van der Waals surface area contributed by atoms with Crippen LogP contribution in [0.2, 0.25) is 0 Å². The molecular weight excluding hydrogens is 240 g/mol. The Morgan fingerprint density at radius 2 is 2.32 bits per heavy atom. The standard InChI is InChI=1S/C15H22N2O2/c1-11(18)12-5-6-15(19-2)13(8-12)9-17-7-3-4-14(16)10-17/h5-6,8,14H,3-4,7,9-10,16H2,1-2H3/t14-/m1/s1. The van der Waals surface area contributed by atoms with Crippen LogP contribution >= 0.6 is 0 Å². The number of carbonyl (C=O) groups is 1. The highest BCUT2D eigenvalue weighted by atomic mass is 16.5. The molecule has 0 amide bonds. The Hall–Kier alpha value is -1.39. The lowest BCUT2D eigenvalue weighted by molar-refractivity contribution is 0.101. The molecule has 1 aromatic rings. The largest absolute Gasteiger partial charge is 0.496 e. The van der Waals surface area contributed by atoms with Crippen LogP contribution in [0.4, 0.5) is 0 Å². The summed E-state index contributed by atoms with van der Waals surface area (Å²) in [6, 6.07) is 5.87. The third-order valence-electron chi connectivity index (χ3n) is 3.62. The summed E-state index contributed by atoms with van der Waals surface area (Å²) in [5.74, 6) is 0.920. The highest BCUT2D eigenvalue weighted by molar-refractivity contribution is 5.94. The van der Waals surface area contributed by atoms with Crippen molar-refractivity contribution in [3.63, 3.8) is 0 Å². The van der Waals surface area contributed by atoms with Crippen LogP contribution in [0.5, 0.6) is 5.75 Å². The average Bonchev–Trinajstić information content (AvgIpc) is 2.38. The normalized spacial score (nSPS) is 20.3. The van der Waals surface area contributed by atoms with Crippen molar-refractivity contribution in [2.75, 3.05) is 20.2 Å². The lowest BCUT2D eigenvalue weighted by atomic mass is 10.0. The van der Waals surface area contributed by atoms with Gasteiger partial charge in [-0.2, -0.15) is 0 Å². The fourth-order valence-corrected chi connectivity index (χ4v) is 2.60. The first-order chi connectivity index (χ1) is 9.10. The van der Waals surface area contributed by atoms with Crippen LogP contribution in [0.3, 0.4) is 0 Å². The smallest absolute Gasteiger partial charge is 0.159 e. The summed E-state index contributed by atoms with van der Waals surface area (Å²) >= 11 is 0. The number of rotatable bonds is 4. The van der Waals surface area contributed by atoms with Crippen LogP contribution in [-0.2, 0) is 6.54 Å². The van der Waals surface area contributed by atoms with E-state index in [-0.39, 0.29) is 11.8 Å². The van der Waals surface area contributed by atoms with Crippen molar-refractivity contribution in [3.05, 3.63) is 29.3 Å². The SMILES string of the molecule is COc1ccc(C(C)=O)cc1CN1CCC[C@@H](N)C1. The molecule has 104 valence electrons. The molecule has 0 aromatic heterocycles. The fourth-order valence-electron chi connectivity index (χ4n) is 2.60. The van der Waals surface area contributed by atoms with Crippen LogP contribution in [0, 0.1) is 0 Å². The minimum atomic E-state index is 0.0826. The summed E-state index contributed by atoms with van der Waals surface area (Å²) < 4.78 is 5.38. The molecule has 0 saturated carbocycles. The first-order valence-electron chi connectivity index (χ1n) is 6.76. The monoisotopic (exact) mass is 262 g/mol. The quantitative estimate of drug-likeness (QED) is 0.841. The van der Waals surface area contributed by atoms with Gasteiger partial charge in [-0.15, -0.1) is 0 Å². The molecule has 1 aliphatic rings. The molecule has 4 nitrogen and oxygen atoms in total. The number of piperidine rings is 1. The number of likely N-dealkylation sites (tertiary alicyclic amines) is 1. The molecule has 1 aliphatic heterocycles. The number of hydrogen-bond acceptors (Lipinski definition) is 4. The number of Topliss-reactive ketones (excluding diaryl/α,β-unsaturated/α-hetero) is 1. The molecule has 0 unspecified atom stereocenters. The summed E-state index contributed by atoms with van der Waals surface area (Å²) in [6.45, 7) is 4.34. The minimum absolute atomic E-state index is 0.0826. The van der Waals surface area contributed by atoms with E-state index < -0.39 is 0 Å². The van der Waals surface area contributed by atoms with Gasteiger partial charge in [0.05, 0.1) is 7.11 Å². The summed E-state index contributed by atoms with van der Waals surface area (Å²) in [5.41, 5.74) is 7.79. The predicted molar refractivity (Wildman–Crippen MR) is 75.5 cm³/mol. The lowest BCUT2D eigenvalue weighted by Crippen LogP contribution is -2.42. The zero-order valence-corrected chi connectivity index (χ0v) is 11.7. The zero-order valence-electron chi connectivity index (χ0n) is 11.7. The van der Waals surface area contributed by atoms with Crippen molar-refractivity contribution in [3.8, 4) is 5.75 Å². The van der Waals surface area contributed by atoms with Crippen molar-refractivity contribution < 1.29 is 9.53 Å². The molecule has 1 saturated heterocycles. The van der Waals surface area contributed by atoms with Gasteiger partial charge in [0.1, 0.15) is 5.75 Å². The number of carbonyl (C=O) groups excluding carboxylic acids is 1. The average molecular weight is 262 g/mol. The van der Waals surface area contributed by atoms with E-state index in [2.05, 4.69) is 4.90 Å². The van der Waals surface area contributed by atoms with Crippen LogP contribution in [0.25, 0.3) is 0 Å². The summed E-state index contributed by atoms with van der Waals surface area (Å²) in [7, 11) is 1.66. The van der Waals surface area contributed by atoms with Gasteiger partial charge in [-0.25, -0.2) is 0 Å². The summed E-state index contributed by atoms with van der Waals surface area (Å²) in [6.07, 6.45) is 2.23. The Morgan fingerprint density at radius 3 is 2.95 bits per heavy atom. The molecule has 1 atom stereocenters. The van der Waals surface area contributed by atoms with E-state index in [0.717, 1.165) is 49.4 Å². The molecule has 0 spiro atoms. The number of hydrogen-bond donors (Lipinski definition) is 1. The second kappa shape index (κ2) is 6.17. The molecule has 1 heterocycles. The van der Waals surface area contributed by atoms with Crippen LogP contribution < -0.4 is 10.5 Å². The third kappa shape index (κ3) is 3.55. The van der Waals surface area contributed by atoms with E-state index in [4.69, 9.17) is 10.5 Å². The first kappa shape index (κ1) is 14.0. The number of nitrogens with zero attached hydrogens (tertiary/aromatic N) is 1. The first-order valence-corrected chi connectivity index (χ1v) is 6.76. The van der Waals surface area contributed by atoms with Crippen molar-refractivity contribution in [1.29, 1.82) is 0 Å². The second-order valence-corrected chi connectivity index (χ2v) is 5.22. The van der Waals surface area contributed by atoms with Gasteiger partial charge in [0.2, 0.25) is 0 Å². The summed E-state index contributed by atoms with van der Waals surface area (Å²) in [4.78, 5) is 13.8. The van der Waals surface area contributed by atoms with E-state index in [1.807, 2.05) is 18.2 Å². The summed E-state index contributed by atoms with van der Waals surface area (Å²) in [5, 5.41) is 0. The molecule has 0 bridgehead atoms. The highest BCUT2D eigenvalue weighted by Gasteiger charge is 2.18. The maximum absolute atomic E-state index is 11.5. The number of benzene rings is 1. The van der Waals surface area contributed by atoms with Gasteiger partial charge in [0, 0.05) is 30.3 Å². The maximum atomic E-state index is 11.5. The van der Waals surface area contributed by atoms with Crippen LogP contribution in [0.1, 0.15) is 35.7 Å².